The number of carbonyl (C=O) groups excluding carboxylic acids is 1. The number of primary amides is 1. The lowest BCUT2D eigenvalue weighted by molar-refractivity contribution is -0.126. The van der Waals surface area contributed by atoms with Gasteiger partial charge in [-0.05, 0) is 67.5 Å². The molecule has 1 amide bonds. The zero-order chi connectivity index (χ0) is 19.5. The third-order valence-electron chi connectivity index (χ3n) is 5.89. The van der Waals surface area contributed by atoms with Gasteiger partial charge in [0, 0.05) is 0 Å². The molecule has 2 aromatic rings. The number of amides is 1. The van der Waals surface area contributed by atoms with Crippen LogP contribution in [0.4, 0.5) is 8.78 Å². The summed E-state index contributed by atoms with van der Waals surface area (Å²) in [6.45, 7) is 0. The van der Waals surface area contributed by atoms with Crippen LogP contribution in [0.2, 0.25) is 0 Å². The third-order valence-corrected chi connectivity index (χ3v) is 5.89. The molecule has 0 bridgehead atoms. The molecule has 2 aliphatic rings. The Morgan fingerprint density at radius 2 is 1.30 bits per heavy atom. The topological polar surface area (TPSA) is 66.9 Å². The summed E-state index contributed by atoms with van der Waals surface area (Å²) in [5, 5.41) is 9.02. The van der Waals surface area contributed by atoms with Crippen LogP contribution in [0.25, 0.3) is 0 Å². The number of rotatable bonds is 3. The summed E-state index contributed by atoms with van der Waals surface area (Å²) < 4.78 is 25.3. The predicted molar refractivity (Wildman–Crippen MR) is 98.7 cm³/mol. The molecule has 2 aromatic carbocycles. The molecule has 0 spiro atoms. The SMILES string of the molecule is N#CC1(c2ccc(F)cc2)CCC1.NC(=O)C1(c2ccc(F)cc2)CCC1. The maximum absolute atomic E-state index is 12.7. The van der Waals surface area contributed by atoms with Crippen LogP contribution in [0.1, 0.15) is 49.7 Å². The molecule has 140 valence electrons. The van der Waals surface area contributed by atoms with Crippen LogP contribution in [-0.4, -0.2) is 5.91 Å². The number of nitrogens with zero attached hydrogens (tertiary/aromatic N) is 1. The van der Waals surface area contributed by atoms with E-state index < -0.39 is 5.41 Å². The summed E-state index contributed by atoms with van der Waals surface area (Å²) in [6, 6.07) is 14.7. The molecule has 0 heterocycles. The fourth-order valence-corrected chi connectivity index (χ4v) is 3.74. The normalized spacial score (nSPS) is 18.7. The van der Waals surface area contributed by atoms with Crippen molar-refractivity contribution in [3.63, 3.8) is 0 Å². The van der Waals surface area contributed by atoms with E-state index in [2.05, 4.69) is 6.07 Å². The Labute approximate surface area is 157 Å². The van der Waals surface area contributed by atoms with E-state index in [0.717, 1.165) is 49.7 Å². The van der Waals surface area contributed by atoms with Crippen molar-refractivity contribution in [3.8, 4) is 6.07 Å². The molecule has 3 nitrogen and oxygen atoms in total. The number of nitrogens with two attached hydrogens (primary N) is 1. The predicted octanol–water partition coefficient (Wildman–Crippen LogP) is 4.50. The van der Waals surface area contributed by atoms with E-state index >= 15 is 0 Å². The number of nitriles is 1. The first kappa shape index (κ1) is 19.0. The molecule has 0 atom stereocenters. The summed E-state index contributed by atoms with van der Waals surface area (Å²) in [4.78, 5) is 11.3. The molecule has 2 aliphatic carbocycles. The summed E-state index contributed by atoms with van der Waals surface area (Å²) >= 11 is 0. The van der Waals surface area contributed by atoms with Gasteiger partial charge in [-0.15, -0.1) is 0 Å². The lowest BCUT2D eigenvalue weighted by atomic mass is 9.64. The number of carbonyl (C=O) groups is 1. The fraction of sp³-hybridized carbons (Fsp3) is 0.364. The van der Waals surface area contributed by atoms with Gasteiger partial charge >= 0.3 is 0 Å². The average molecular weight is 368 g/mol. The quantitative estimate of drug-likeness (QED) is 0.866. The van der Waals surface area contributed by atoms with E-state index in [-0.39, 0.29) is 23.0 Å². The molecular formula is C22H22F2N2O. The van der Waals surface area contributed by atoms with Gasteiger partial charge in [0.15, 0.2) is 0 Å². The van der Waals surface area contributed by atoms with E-state index in [1.165, 1.54) is 24.3 Å². The Morgan fingerprint density at radius 3 is 1.59 bits per heavy atom. The smallest absolute Gasteiger partial charge is 0.228 e. The van der Waals surface area contributed by atoms with E-state index in [0.29, 0.717) is 0 Å². The molecule has 0 radical (unpaired) electrons. The van der Waals surface area contributed by atoms with Crippen molar-refractivity contribution in [2.45, 2.75) is 49.4 Å². The van der Waals surface area contributed by atoms with Gasteiger partial charge in [-0.25, -0.2) is 8.78 Å². The van der Waals surface area contributed by atoms with Crippen LogP contribution in [-0.2, 0) is 15.6 Å². The van der Waals surface area contributed by atoms with Crippen LogP contribution in [0.15, 0.2) is 48.5 Å². The number of benzene rings is 2. The minimum absolute atomic E-state index is 0.240. The van der Waals surface area contributed by atoms with Crippen molar-refractivity contribution < 1.29 is 13.6 Å². The van der Waals surface area contributed by atoms with Crippen LogP contribution in [0.5, 0.6) is 0 Å². The highest BCUT2D eigenvalue weighted by atomic mass is 19.1. The number of hydrogen-bond acceptors (Lipinski definition) is 2. The molecule has 0 unspecified atom stereocenters. The fourth-order valence-electron chi connectivity index (χ4n) is 3.74. The molecule has 0 saturated heterocycles. The molecule has 27 heavy (non-hydrogen) atoms. The number of halogens is 2. The Morgan fingerprint density at radius 1 is 0.852 bits per heavy atom. The summed E-state index contributed by atoms with van der Waals surface area (Å²) in [5.41, 5.74) is 6.34. The summed E-state index contributed by atoms with van der Waals surface area (Å²) in [7, 11) is 0. The Balaban J connectivity index is 0.000000156. The maximum Gasteiger partial charge on any atom is 0.228 e. The molecule has 0 aromatic heterocycles. The first-order chi connectivity index (χ1) is 12.9. The van der Waals surface area contributed by atoms with E-state index in [1.54, 1.807) is 24.3 Å². The van der Waals surface area contributed by atoms with Gasteiger partial charge in [0.2, 0.25) is 5.91 Å². The highest BCUT2D eigenvalue weighted by Crippen LogP contribution is 2.44. The van der Waals surface area contributed by atoms with Gasteiger partial charge < -0.3 is 5.73 Å². The van der Waals surface area contributed by atoms with Crippen LogP contribution >= 0.6 is 0 Å². The first-order valence-corrected chi connectivity index (χ1v) is 9.15. The van der Waals surface area contributed by atoms with Gasteiger partial charge in [-0.3, -0.25) is 4.79 Å². The first-order valence-electron chi connectivity index (χ1n) is 9.15. The van der Waals surface area contributed by atoms with Crippen LogP contribution < -0.4 is 5.73 Å². The van der Waals surface area contributed by atoms with Crippen molar-refractivity contribution in [2.24, 2.45) is 5.73 Å². The summed E-state index contributed by atoms with van der Waals surface area (Å²) in [6.07, 6.45) is 5.51. The molecular weight excluding hydrogens is 346 g/mol. The standard InChI is InChI=1S/C11H12FNO.C11H10FN/c12-9-4-2-8(3-5-9)11(10(13)14)6-1-7-11;12-10-4-2-9(3-5-10)11(8-13)6-1-7-11/h2-5H,1,6-7H2,(H2,13,14);2-5H,1,6-7H2. The van der Waals surface area contributed by atoms with Gasteiger partial charge in [0.25, 0.3) is 0 Å². The molecule has 2 fully saturated rings. The molecule has 2 saturated carbocycles. The zero-order valence-corrected chi connectivity index (χ0v) is 15.1. The number of hydrogen-bond donors (Lipinski definition) is 1. The lowest BCUT2D eigenvalue weighted by Crippen LogP contribution is -2.46. The molecule has 2 N–H and O–H groups in total. The Bertz CT molecular complexity index is 845. The molecule has 0 aliphatic heterocycles. The van der Waals surface area contributed by atoms with Crippen molar-refractivity contribution in [2.75, 3.05) is 0 Å². The minimum atomic E-state index is -0.520. The summed E-state index contributed by atoms with van der Waals surface area (Å²) in [5.74, 6) is -0.820. The van der Waals surface area contributed by atoms with Crippen LogP contribution in [0, 0.1) is 23.0 Å². The monoisotopic (exact) mass is 368 g/mol. The molecule has 4 rings (SSSR count). The third kappa shape index (κ3) is 3.57. The van der Waals surface area contributed by atoms with Crippen molar-refractivity contribution in [1.82, 2.24) is 0 Å². The zero-order valence-electron chi connectivity index (χ0n) is 15.1. The van der Waals surface area contributed by atoms with E-state index in [4.69, 9.17) is 11.0 Å². The van der Waals surface area contributed by atoms with Crippen LogP contribution in [0.3, 0.4) is 0 Å². The van der Waals surface area contributed by atoms with E-state index in [1.807, 2.05) is 0 Å². The van der Waals surface area contributed by atoms with E-state index in [9.17, 15) is 13.6 Å². The second-order valence-electron chi connectivity index (χ2n) is 7.36. The Hall–Kier alpha value is -2.74. The van der Waals surface area contributed by atoms with Gasteiger partial charge in [-0.2, -0.15) is 5.26 Å². The molecule has 5 heteroatoms. The van der Waals surface area contributed by atoms with Gasteiger partial charge in [-0.1, -0.05) is 30.7 Å². The van der Waals surface area contributed by atoms with Crippen molar-refractivity contribution in [3.05, 3.63) is 71.3 Å². The minimum Gasteiger partial charge on any atom is -0.369 e. The maximum atomic E-state index is 12.7. The highest BCUT2D eigenvalue weighted by molar-refractivity contribution is 5.87. The van der Waals surface area contributed by atoms with Crippen molar-refractivity contribution in [1.29, 1.82) is 5.26 Å². The highest BCUT2D eigenvalue weighted by Gasteiger charge is 2.44. The largest absolute Gasteiger partial charge is 0.369 e. The second kappa shape index (κ2) is 7.48. The average Bonchev–Trinajstić information content (AvgIpc) is 2.57. The lowest BCUT2D eigenvalue weighted by Gasteiger charge is -2.39. The van der Waals surface area contributed by atoms with Gasteiger partial charge in [0.05, 0.1) is 16.9 Å². The van der Waals surface area contributed by atoms with Gasteiger partial charge in [0.1, 0.15) is 11.6 Å². The second-order valence-corrected chi connectivity index (χ2v) is 7.36. The Kier molecular flexibility index (Phi) is 5.27. The van der Waals surface area contributed by atoms with Crippen molar-refractivity contribution >= 4 is 5.91 Å².